The molecule has 0 bridgehead atoms. The molecule has 3 rings (SSSR count). The largest absolute Gasteiger partial charge is 0.326 e. The standard InChI is InChI=1S/C14H16ClN3/c15-11-4-3-5-12(10-11)17-14-16-8-9-18(14)13-6-1-2-7-13/h3-5,8-10,13H,1-2,6-7H2,(H,16,17). The molecule has 1 aliphatic rings. The van der Waals surface area contributed by atoms with Crippen LogP contribution in [0.2, 0.25) is 5.02 Å². The maximum Gasteiger partial charge on any atom is 0.207 e. The lowest BCUT2D eigenvalue weighted by molar-refractivity contribution is 0.525. The zero-order valence-electron chi connectivity index (χ0n) is 10.1. The number of benzene rings is 1. The molecule has 3 nitrogen and oxygen atoms in total. The van der Waals surface area contributed by atoms with Gasteiger partial charge >= 0.3 is 0 Å². The lowest BCUT2D eigenvalue weighted by atomic mass is 10.2. The van der Waals surface area contributed by atoms with Gasteiger partial charge in [0.25, 0.3) is 0 Å². The topological polar surface area (TPSA) is 29.9 Å². The summed E-state index contributed by atoms with van der Waals surface area (Å²) in [5, 5.41) is 4.07. The third-order valence-corrected chi connectivity index (χ3v) is 3.70. The van der Waals surface area contributed by atoms with Crippen molar-refractivity contribution in [2.45, 2.75) is 31.7 Å². The first-order valence-corrected chi connectivity index (χ1v) is 6.76. The van der Waals surface area contributed by atoms with E-state index >= 15 is 0 Å². The molecule has 1 aromatic heterocycles. The van der Waals surface area contributed by atoms with E-state index in [2.05, 4.69) is 21.1 Å². The highest BCUT2D eigenvalue weighted by Crippen LogP contribution is 2.32. The van der Waals surface area contributed by atoms with Gasteiger partial charge in [-0.25, -0.2) is 4.98 Å². The van der Waals surface area contributed by atoms with Crippen molar-refractivity contribution in [3.63, 3.8) is 0 Å². The normalized spacial score (nSPS) is 16.1. The van der Waals surface area contributed by atoms with Gasteiger partial charge in [-0.3, -0.25) is 0 Å². The molecule has 0 aliphatic heterocycles. The van der Waals surface area contributed by atoms with Gasteiger partial charge in [0.2, 0.25) is 5.95 Å². The van der Waals surface area contributed by atoms with Gasteiger partial charge in [0.15, 0.2) is 0 Å². The molecule has 1 heterocycles. The second-order valence-electron chi connectivity index (χ2n) is 4.73. The monoisotopic (exact) mass is 261 g/mol. The minimum atomic E-state index is 0.592. The van der Waals surface area contributed by atoms with E-state index in [0.29, 0.717) is 6.04 Å². The molecule has 18 heavy (non-hydrogen) atoms. The smallest absolute Gasteiger partial charge is 0.207 e. The molecule has 1 N–H and O–H groups in total. The zero-order chi connectivity index (χ0) is 12.4. The molecule has 2 aromatic rings. The van der Waals surface area contributed by atoms with Crippen molar-refractivity contribution in [2.24, 2.45) is 0 Å². The third-order valence-electron chi connectivity index (χ3n) is 3.47. The van der Waals surface area contributed by atoms with Crippen molar-refractivity contribution in [3.8, 4) is 0 Å². The Labute approximate surface area is 112 Å². The second-order valence-corrected chi connectivity index (χ2v) is 5.17. The number of halogens is 1. The Kier molecular flexibility index (Phi) is 3.24. The molecule has 1 aliphatic carbocycles. The van der Waals surface area contributed by atoms with E-state index in [1.165, 1.54) is 25.7 Å². The summed E-state index contributed by atoms with van der Waals surface area (Å²) in [5.74, 6) is 0.907. The van der Waals surface area contributed by atoms with Crippen LogP contribution in [0.1, 0.15) is 31.7 Å². The summed E-state index contributed by atoms with van der Waals surface area (Å²) in [4.78, 5) is 4.39. The van der Waals surface area contributed by atoms with E-state index in [9.17, 15) is 0 Å². The Morgan fingerprint density at radius 3 is 2.89 bits per heavy atom. The van der Waals surface area contributed by atoms with Crippen LogP contribution >= 0.6 is 11.6 Å². The van der Waals surface area contributed by atoms with Gasteiger partial charge in [0.05, 0.1) is 0 Å². The van der Waals surface area contributed by atoms with Crippen LogP contribution in [0.5, 0.6) is 0 Å². The molecule has 94 valence electrons. The summed E-state index contributed by atoms with van der Waals surface area (Å²) in [5.41, 5.74) is 0.980. The third kappa shape index (κ3) is 2.36. The van der Waals surface area contributed by atoms with E-state index in [1.807, 2.05) is 30.5 Å². The Bertz CT molecular complexity index is 529. The van der Waals surface area contributed by atoms with Gasteiger partial charge in [-0.05, 0) is 31.0 Å². The molecule has 1 saturated carbocycles. The lowest BCUT2D eigenvalue weighted by Gasteiger charge is -2.15. The van der Waals surface area contributed by atoms with E-state index in [-0.39, 0.29) is 0 Å². The summed E-state index contributed by atoms with van der Waals surface area (Å²) in [6, 6.07) is 8.31. The Balaban J connectivity index is 1.82. The fourth-order valence-corrected chi connectivity index (χ4v) is 2.77. The number of aromatic nitrogens is 2. The van der Waals surface area contributed by atoms with Crippen molar-refractivity contribution < 1.29 is 0 Å². The van der Waals surface area contributed by atoms with E-state index in [1.54, 1.807) is 0 Å². The average molecular weight is 262 g/mol. The van der Waals surface area contributed by atoms with Crippen molar-refractivity contribution in [3.05, 3.63) is 41.7 Å². The molecule has 0 radical (unpaired) electrons. The highest BCUT2D eigenvalue weighted by Gasteiger charge is 2.19. The molecule has 0 atom stereocenters. The molecule has 4 heteroatoms. The van der Waals surface area contributed by atoms with Gasteiger partial charge in [-0.1, -0.05) is 30.5 Å². The number of nitrogens with one attached hydrogen (secondary N) is 1. The van der Waals surface area contributed by atoms with Crippen LogP contribution in [-0.2, 0) is 0 Å². The number of anilines is 2. The van der Waals surface area contributed by atoms with Crippen LogP contribution < -0.4 is 5.32 Å². The predicted octanol–water partition coefficient (Wildman–Crippen LogP) is 4.40. The molecule has 0 amide bonds. The average Bonchev–Trinajstić information content (AvgIpc) is 2.98. The molecule has 0 spiro atoms. The number of imidazole rings is 1. The van der Waals surface area contributed by atoms with Crippen LogP contribution in [0.15, 0.2) is 36.7 Å². The predicted molar refractivity (Wildman–Crippen MR) is 74.5 cm³/mol. The maximum atomic E-state index is 5.98. The van der Waals surface area contributed by atoms with Gasteiger partial charge in [-0.2, -0.15) is 0 Å². The van der Waals surface area contributed by atoms with Gasteiger partial charge in [0.1, 0.15) is 0 Å². The summed E-state index contributed by atoms with van der Waals surface area (Å²) < 4.78 is 2.24. The number of nitrogens with zero attached hydrogens (tertiary/aromatic N) is 2. The fourth-order valence-electron chi connectivity index (χ4n) is 2.58. The molecule has 0 saturated heterocycles. The maximum absolute atomic E-state index is 5.98. The molecule has 0 unspecified atom stereocenters. The SMILES string of the molecule is Clc1cccc(Nc2nccn2C2CCCC2)c1. The van der Waals surface area contributed by atoms with Crippen molar-refractivity contribution >= 4 is 23.2 Å². The summed E-state index contributed by atoms with van der Waals surface area (Å²) >= 11 is 5.98. The zero-order valence-corrected chi connectivity index (χ0v) is 10.9. The molecular formula is C14H16ClN3. The van der Waals surface area contributed by atoms with Gasteiger partial charge in [0, 0.05) is 29.1 Å². The van der Waals surface area contributed by atoms with Crippen LogP contribution in [0.4, 0.5) is 11.6 Å². The summed E-state index contributed by atoms with van der Waals surface area (Å²) in [6.07, 6.45) is 9.05. The van der Waals surface area contributed by atoms with E-state index in [0.717, 1.165) is 16.7 Å². The van der Waals surface area contributed by atoms with E-state index in [4.69, 9.17) is 11.6 Å². The highest BCUT2D eigenvalue weighted by molar-refractivity contribution is 6.30. The van der Waals surface area contributed by atoms with Gasteiger partial charge < -0.3 is 9.88 Å². The van der Waals surface area contributed by atoms with Crippen LogP contribution in [-0.4, -0.2) is 9.55 Å². The molecular weight excluding hydrogens is 246 g/mol. The highest BCUT2D eigenvalue weighted by atomic mass is 35.5. The summed E-state index contributed by atoms with van der Waals surface area (Å²) in [6.45, 7) is 0. The van der Waals surface area contributed by atoms with Crippen LogP contribution in [0.3, 0.4) is 0 Å². The lowest BCUT2D eigenvalue weighted by Crippen LogP contribution is -2.07. The van der Waals surface area contributed by atoms with Crippen molar-refractivity contribution in [1.82, 2.24) is 9.55 Å². The summed E-state index contributed by atoms with van der Waals surface area (Å²) in [7, 11) is 0. The minimum Gasteiger partial charge on any atom is -0.326 e. The Hall–Kier alpha value is -1.48. The van der Waals surface area contributed by atoms with E-state index < -0.39 is 0 Å². The van der Waals surface area contributed by atoms with Crippen LogP contribution in [0.25, 0.3) is 0 Å². The first-order valence-electron chi connectivity index (χ1n) is 6.38. The Morgan fingerprint density at radius 1 is 1.28 bits per heavy atom. The molecule has 1 aromatic carbocycles. The fraction of sp³-hybridized carbons (Fsp3) is 0.357. The first kappa shape index (κ1) is 11.6. The number of hydrogen-bond donors (Lipinski definition) is 1. The Morgan fingerprint density at radius 2 is 2.11 bits per heavy atom. The quantitative estimate of drug-likeness (QED) is 0.888. The van der Waals surface area contributed by atoms with Crippen molar-refractivity contribution in [2.75, 3.05) is 5.32 Å². The van der Waals surface area contributed by atoms with Crippen molar-refractivity contribution in [1.29, 1.82) is 0 Å². The number of hydrogen-bond acceptors (Lipinski definition) is 2. The minimum absolute atomic E-state index is 0.592. The van der Waals surface area contributed by atoms with Gasteiger partial charge in [-0.15, -0.1) is 0 Å². The van der Waals surface area contributed by atoms with Crippen LogP contribution in [0, 0.1) is 0 Å². The molecule has 1 fully saturated rings. The number of rotatable bonds is 3. The first-order chi connectivity index (χ1) is 8.83. The second kappa shape index (κ2) is 5.02.